The van der Waals surface area contributed by atoms with E-state index in [4.69, 9.17) is 26.2 Å². The van der Waals surface area contributed by atoms with Crippen LogP contribution in [0.4, 0.5) is 20.8 Å². The van der Waals surface area contributed by atoms with Crippen molar-refractivity contribution in [1.29, 1.82) is 0 Å². The molecule has 0 aliphatic carbocycles. The van der Waals surface area contributed by atoms with Crippen LogP contribution >= 0.6 is 11.6 Å². The Morgan fingerprint density at radius 1 is 1.32 bits per heavy atom. The Bertz CT molecular complexity index is 1270. The first-order chi connectivity index (χ1) is 17.9. The lowest BCUT2D eigenvalue weighted by Crippen LogP contribution is -2.43. The summed E-state index contributed by atoms with van der Waals surface area (Å²) in [7, 11) is 1.56. The molecule has 1 amide bonds. The van der Waals surface area contributed by atoms with Gasteiger partial charge in [0.15, 0.2) is 17.3 Å². The van der Waals surface area contributed by atoms with Gasteiger partial charge in [0.1, 0.15) is 12.4 Å². The monoisotopic (exact) mass is 531 g/mol. The number of fused-ring (bicyclic) bond motifs is 1. The molecular formula is C25H27ClFN5O5. The van der Waals surface area contributed by atoms with Crippen molar-refractivity contribution in [3.05, 3.63) is 47.4 Å². The molecule has 196 valence electrons. The number of methoxy groups -OCH3 is 1. The van der Waals surface area contributed by atoms with Gasteiger partial charge in [0.05, 0.1) is 23.3 Å². The summed E-state index contributed by atoms with van der Waals surface area (Å²) in [5, 5.41) is 14.6. The lowest BCUT2D eigenvalue weighted by molar-refractivity contribution is -0.111. The van der Waals surface area contributed by atoms with Crippen LogP contribution in [0.25, 0.3) is 10.9 Å². The molecule has 0 saturated carbocycles. The summed E-state index contributed by atoms with van der Waals surface area (Å²) in [6.07, 6.45) is 2.63. The van der Waals surface area contributed by atoms with E-state index in [9.17, 15) is 14.0 Å². The third-order valence-corrected chi connectivity index (χ3v) is 6.38. The summed E-state index contributed by atoms with van der Waals surface area (Å²) < 4.78 is 26.1. The SMILES string of the molecule is COc1cc2cnc(Nc3cccc(Cl)c3F)nc2cc1OC1CCN(C[C@H](C=O)CNC(=O)O)CC1. The van der Waals surface area contributed by atoms with E-state index < -0.39 is 17.8 Å². The minimum Gasteiger partial charge on any atom is -0.493 e. The number of carbonyl (C=O) groups excluding carboxylic acids is 1. The minimum atomic E-state index is -1.15. The maximum absolute atomic E-state index is 14.3. The van der Waals surface area contributed by atoms with Gasteiger partial charge >= 0.3 is 6.09 Å². The largest absolute Gasteiger partial charge is 0.493 e. The van der Waals surface area contributed by atoms with Gasteiger partial charge in [-0.3, -0.25) is 0 Å². The highest BCUT2D eigenvalue weighted by Crippen LogP contribution is 2.34. The van der Waals surface area contributed by atoms with Crippen LogP contribution in [0.15, 0.2) is 36.5 Å². The van der Waals surface area contributed by atoms with Crippen molar-refractivity contribution >= 4 is 46.5 Å². The molecule has 0 bridgehead atoms. The van der Waals surface area contributed by atoms with Crippen LogP contribution in [0, 0.1) is 11.7 Å². The zero-order valence-electron chi connectivity index (χ0n) is 20.1. The number of benzene rings is 2. The minimum absolute atomic E-state index is 0.00383. The number of nitrogens with one attached hydrogen (secondary N) is 2. The second-order valence-corrected chi connectivity index (χ2v) is 9.09. The predicted octanol–water partition coefficient (Wildman–Crippen LogP) is 4.10. The molecule has 1 atom stereocenters. The number of anilines is 2. The smallest absolute Gasteiger partial charge is 0.404 e. The standard InChI is InChI=1S/C25H27ClFN5O5/c1-36-21-9-16-12-28-24(30-19-4-2-3-18(26)23(19)27)31-20(16)10-22(21)37-17-5-7-32(8-6-17)13-15(14-33)11-29-25(34)35/h2-4,9-10,12,14-15,17,29H,5-8,11,13H2,1H3,(H,34,35)(H,28,30,31)/t15-/m1/s1. The number of halogens is 2. The fraction of sp³-hybridized carbons (Fsp3) is 0.360. The molecular weight excluding hydrogens is 505 g/mol. The zero-order chi connectivity index (χ0) is 26.4. The summed E-state index contributed by atoms with van der Waals surface area (Å²) >= 11 is 5.86. The van der Waals surface area contributed by atoms with Crippen LogP contribution in [-0.2, 0) is 4.79 Å². The van der Waals surface area contributed by atoms with Crippen molar-refractivity contribution in [2.45, 2.75) is 18.9 Å². The number of hydrogen-bond donors (Lipinski definition) is 3. The first-order valence-electron chi connectivity index (χ1n) is 11.7. The molecule has 1 saturated heterocycles. The quantitative estimate of drug-likeness (QED) is 0.331. The lowest BCUT2D eigenvalue weighted by atomic mass is 10.0. The van der Waals surface area contributed by atoms with Crippen molar-refractivity contribution in [1.82, 2.24) is 20.2 Å². The molecule has 4 rings (SSSR count). The molecule has 3 aromatic rings. The maximum Gasteiger partial charge on any atom is 0.404 e. The number of likely N-dealkylation sites (tertiary alicyclic amines) is 1. The molecule has 0 radical (unpaired) electrons. The molecule has 1 aliphatic rings. The number of hydrogen-bond acceptors (Lipinski definition) is 8. The predicted molar refractivity (Wildman–Crippen MR) is 136 cm³/mol. The molecule has 10 nitrogen and oxygen atoms in total. The van der Waals surface area contributed by atoms with E-state index in [1.165, 1.54) is 6.07 Å². The highest BCUT2D eigenvalue weighted by atomic mass is 35.5. The van der Waals surface area contributed by atoms with Gasteiger partial charge in [-0.05, 0) is 31.0 Å². The van der Waals surface area contributed by atoms with Gasteiger partial charge in [-0.2, -0.15) is 0 Å². The maximum atomic E-state index is 14.3. The van der Waals surface area contributed by atoms with Gasteiger partial charge in [0.25, 0.3) is 0 Å². The van der Waals surface area contributed by atoms with Crippen LogP contribution in [0.5, 0.6) is 11.5 Å². The van der Waals surface area contributed by atoms with E-state index in [0.717, 1.165) is 24.5 Å². The molecule has 2 heterocycles. The Hall–Kier alpha value is -3.70. The Labute approximate surface area is 217 Å². The summed E-state index contributed by atoms with van der Waals surface area (Å²) in [5.41, 5.74) is 0.757. The van der Waals surface area contributed by atoms with Crippen LogP contribution in [0.3, 0.4) is 0 Å². The molecule has 1 fully saturated rings. The molecule has 37 heavy (non-hydrogen) atoms. The number of aromatic nitrogens is 2. The fourth-order valence-corrected chi connectivity index (χ4v) is 4.34. The normalized spacial score (nSPS) is 15.2. The van der Waals surface area contributed by atoms with Gasteiger partial charge in [0.2, 0.25) is 5.95 Å². The number of aldehydes is 1. The van der Waals surface area contributed by atoms with Crippen molar-refractivity contribution in [3.8, 4) is 11.5 Å². The van der Waals surface area contributed by atoms with Crippen molar-refractivity contribution in [2.24, 2.45) is 5.92 Å². The molecule has 3 N–H and O–H groups in total. The van der Waals surface area contributed by atoms with Gasteiger partial charge in [-0.1, -0.05) is 17.7 Å². The number of piperidine rings is 1. The third-order valence-electron chi connectivity index (χ3n) is 6.09. The van der Waals surface area contributed by atoms with Gasteiger partial charge in [-0.25, -0.2) is 19.2 Å². The summed E-state index contributed by atoms with van der Waals surface area (Å²) in [6.45, 7) is 1.99. The molecule has 1 aliphatic heterocycles. The van der Waals surface area contributed by atoms with Crippen molar-refractivity contribution < 1.29 is 28.6 Å². The van der Waals surface area contributed by atoms with Gasteiger partial charge < -0.3 is 34.9 Å². The average Bonchev–Trinajstić information content (AvgIpc) is 2.89. The second kappa shape index (κ2) is 12.0. The topological polar surface area (TPSA) is 126 Å². The average molecular weight is 532 g/mol. The summed E-state index contributed by atoms with van der Waals surface area (Å²) in [6, 6.07) is 8.18. The first-order valence-corrected chi connectivity index (χ1v) is 12.1. The van der Waals surface area contributed by atoms with Crippen molar-refractivity contribution in [2.75, 3.05) is 38.6 Å². The Morgan fingerprint density at radius 2 is 2.11 bits per heavy atom. The number of carbonyl (C=O) groups is 2. The van der Waals surface area contributed by atoms with Crippen LogP contribution < -0.4 is 20.1 Å². The molecule has 1 aromatic heterocycles. The molecule has 0 unspecified atom stereocenters. The molecule has 12 heteroatoms. The molecule has 2 aromatic carbocycles. The van der Waals surface area contributed by atoms with Crippen LogP contribution in [0.1, 0.15) is 12.8 Å². The van der Waals surface area contributed by atoms with E-state index in [2.05, 4.69) is 25.5 Å². The Balaban J connectivity index is 1.42. The van der Waals surface area contributed by atoms with Gasteiger partial charge in [-0.15, -0.1) is 0 Å². The fourth-order valence-electron chi connectivity index (χ4n) is 4.17. The second-order valence-electron chi connectivity index (χ2n) is 8.68. The Morgan fingerprint density at radius 3 is 2.81 bits per heavy atom. The number of amides is 1. The first kappa shape index (κ1) is 26.4. The Kier molecular flexibility index (Phi) is 8.57. The van der Waals surface area contributed by atoms with E-state index in [-0.39, 0.29) is 29.3 Å². The lowest BCUT2D eigenvalue weighted by Gasteiger charge is -2.33. The number of ether oxygens (including phenoxy) is 2. The van der Waals surface area contributed by atoms with E-state index in [1.807, 2.05) is 0 Å². The number of nitrogens with zero attached hydrogens (tertiary/aromatic N) is 3. The highest BCUT2D eigenvalue weighted by Gasteiger charge is 2.24. The van der Waals surface area contributed by atoms with Gasteiger partial charge in [0, 0.05) is 49.7 Å². The third kappa shape index (κ3) is 6.75. The zero-order valence-corrected chi connectivity index (χ0v) is 20.9. The summed E-state index contributed by atoms with van der Waals surface area (Å²) in [4.78, 5) is 32.9. The van der Waals surface area contributed by atoms with E-state index in [0.29, 0.717) is 36.6 Å². The molecule has 0 spiro atoms. The van der Waals surface area contributed by atoms with Crippen LogP contribution in [0.2, 0.25) is 5.02 Å². The summed E-state index contributed by atoms with van der Waals surface area (Å²) in [5.74, 6) is 0.289. The van der Waals surface area contributed by atoms with E-state index >= 15 is 0 Å². The van der Waals surface area contributed by atoms with E-state index in [1.54, 1.807) is 37.6 Å². The highest BCUT2D eigenvalue weighted by molar-refractivity contribution is 6.31. The van der Waals surface area contributed by atoms with Crippen LogP contribution in [-0.4, -0.2) is 71.7 Å². The van der Waals surface area contributed by atoms with Crippen molar-refractivity contribution in [3.63, 3.8) is 0 Å². The number of rotatable bonds is 10. The number of carboxylic acid groups (broad SMARTS) is 1.